The van der Waals surface area contributed by atoms with Crippen LogP contribution in [0, 0.1) is 5.92 Å². The molecule has 8 aromatic heterocycles. The van der Waals surface area contributed by atoms with E-state index < -0.39 is 0 Å². The predicted molar refractivity (Wildman–Crippen MR) is 211 cm³/mol. The van der Waals surface area contributed by atoms with Crippen LogP contribution >= 0.6 is 68.4 Å². The van der Waals surface area contributed by atoms with Crippen molar-refractivity contribution in [1.29, 1.82) is 0 Å². The van der Waals surface area contributed by atoms with Gasteiger partial charge in [0.05, 0.1) is 53.3 Å². The van der Waals surface area contributed by atoms with E-state index in [0.29, 0.717) is 5.92 Å². The van der Waals surface area contributed by atoms with Crippen LogP contribution < -0.4 is 4.90 Å². The quantitative estimate of drug-likeness (QED) is 0.163. The van der Waals surface area contributed by atoms with Gasteiger partial charge < -0.3 is 9.47 Å². The zero-order valence-electron chi connectivity index (χ0n) is 27.1. The summed E-state index contributed by atoms with van der Waals surface area (Å²) in [6, 6.07) is 9.39. The summed E-state index contributed by atoms with van der Waals surface area (Å²) in [6.07, 6.45) is 2.82. The van der Waals surface area contributed by atoms with Crippen LogP contribution in [-0.4, -0.2) is 37.4 Å². The average molecular weight is 729 g/mol. The van der Waals surface area contributed by atoms with Gasteiger partial charge in [0.15, 0.2) is 0 Å². The van der Waals surface area contributed by atoms with Gasteiger partial charge in [-0.15, -0.1) is 56.7 Å². The van der Waals surface area contributed by atoms with Crippen molar-refractivity contribution in [1.82, 2.24) is 23.3 Å². The minimum atomic E-state index is 0.660. The van der Waals surface area contributed by atoms with E-state index in [0.717, 1.165) is 63.8 Å². The van der Waals surface area contributed by atoms with Crippen LogP contribution in [0.4, 0.5) is 5.00 Å². The highest BCUT2D eigenvalue weighted by molar-refractivity contribution is 7.36. The van der Waals surface area contributed by atoms with Crippen LogP contribution in [0.3, 0.4) is 0 Å². The summed E-state index contributed by atoms with van der Waals surface area (Å²) in [6.45, 7) is 8.96. The Balaban J connectivity index is 1.30. The minimum Gasteiger partial charge on any atom is -0.370 e. The number of benzene rings is 1. The molecule has 47 heavy (non-hydrogen) atoms. The second-order valence-corrected chi connectivity index (χ2v) is 18.6. The summed E-state index contributed by atoms with van der Waals surface area (Å²) in [7, 11) is 6.43. The number of hydrogen-bond donors (Lipinski definition) is 0. The van der Waals surface area contributed by atoms with Gasteiger partial charge in [0.25, 0.3) is 0 Å². The number of thiophene rings is 5. The van der Waals surface area contributed by atoms with E-state index in [1.807, 2.05) is 56.7 Å². The third-order valence-electron chi connectivity index (χ3n) is 8.90. The number of nitrogens with zero attached hydrogens (tertiary/aromatic N) is 6. The maximum absolute atomic E-state index is 5.41. The third-order valence-corrected chi connectivity index (χ3v) is 15.6. The number of hydrogen-bond acceptors (Lipinski definition) is 11. The topological polar surface area (TPSA) is 59.7 Å². The molecule has 9 rings (SSSR count). The Labute approximate surface area is 296 Å². The second-order valence-electron chi connectivity index (χ2n) is 12.7. The first-order chi connectivity index (χ1) is 22.7. The molecule has 0 amide bonds. The Bertz CT molecular complexity index is 2640. The lowest BCUT2D eigenvalue weighted by molar-refractivity contribution is 0.654. The summed E-state index contributed by atoms with van der Waals surface area (Å²) in [5.74, 6) is 0.660. The van der Waals surface area contributed by atoms with Crippen LogP contribution in [0.25, 0.3) is 82.2 Å². The predicted octanol–water partition coefficient (Wildman–Crippen LogP) is 11.6. The van der Waals surface area contributed by atoms with Crippen LogP contribution in [0.2, 0.25) is 0 Å². The number of aromatic nitrogens is 5. The Morgan fingerprint density at radius 3 is 1.98 bits per heavy atom. The van der Waals surface area contributed by atoms with Crippen molar-refractivity contribution >= 4 is 135 Å². The summed E-state index contributed by atoms with van der Waals surface area (Å²) >= 11 is 10.7. The molecule has 0 aliphatic rings. The molecule has 0 unspecified atom stereocenters. The molecule has 0 saturated carbocycles. The van der Waals surface area contributed by atoms with E-state index in [4.69, 9.17) is 18.7 Å². The monoisotopic (exact) mass is 728 g/mol. The zero-order valence-corrected chi connectivity index (χ0v) is 32.0. The average Bonchev–Trinajstić information content (AvgIpc) is 3.87. The molecule has 0 saturated heterocycles. The van der Waals surface area contributed by atoms with E-state index in [1.165, 1.54) is 70.6 Å². The van der Waals surface area contributed by atoms with Crippen molar-refractivity contribution in [3.05, 3.63) is 40.5 Å². The van der Waals surface area contributed by atoms with E-state index in [9.17, 15) is 0 Å². The van der Waals surface area contributed by atoms with Crippen molar-refractivity contribution in [2.45, 2.75) is 47.0 Å². The summed E-state index contributed by atoms with van der Waals surface area (Å²) in [4.78, 5) is 16.8. The molecule has 0 N–H and O–H groups in total. The standard InChI is InChI=1S/C35H32N6S6/c1-8-17-18(9-2)37-29-27(23-13-20-21(43-23)14-25(44-20)40(5)6)31-30(38-47-39-31)26(28(29)36-17)22-12-19-33(45-22)35-32(41(19)7)34-24(46-35)11-16(42-34)10-15(3)4/h11-15H,8-10H2,1-7H3. The second kappa shape index (κ2) is 11.0. The van der Waals surface area contributed by atoms with Crippen molar-refractivity contribution in [3.63, 3.8) is 0 Å². The third kappa shape index (κ3) is 4.48. The minimum absolute atomic E-state index is 0.660. The van der Waals surface area contributed by atoms with Gasteiger partial charge >= 0.3 is 0 Å². The van der Waals surface area contributed by atoms with E-state index in [2.05, 4.69) is 82.6 Å². The lowest BCUT2D eigenvalue weighted by Crippen LogP contribution is -2.05. The smallest absolute Gasteiger partial charge is 0.116 e. The largest absolute Gasteiger partial charge is 0.370 e. The Morgan fingerprint density at radius 2 is 1.36 bits per heavy atom. The molecule has 9 aromatic rings. The summed E-state index contributed by atoms with van der Waals surface area (Å²) < 4.78 is 20.5. The number of aryl methyl sites for hydroxylation is 3. The van der Waals surface area contributed by atoms with Gasteiger partial charge in [-0.05, 0) is 49.4 Å². The molecule has 6 nitrogen and oxygen atoms in total. The van der Waals surface area contributed by atoms with Gasteiger partial charge in [-0.3, -0.25) is 0 Å². The van der Waals surface area contributed by atoms with Crippen LogP contribution in [0.1, 0.15) is 44.0 Å². The summed E-state index contributed by atoms with van der Waals surface area (Å²) in [5, 5.41) is 1.26. The number of rotatable bonds is 7. The van der Waals surface area contributed by atoms with E-state index in [1.54, 1.807) is 0 Å². The zero-order chi connectivity index (χ0) is 32.3. The van der Waals surface area contributed by atoms with Crippen LogP contribution in [0.5, 0.6) is 0 Å². The van der Waals surface area contributed by atoms with Gasteiger partial charge in [0, 0.05) is 61.0 Å². The van der Waals surface area contributed by atoms with Crippen molar-refractivity contribution in [2.75, 3.05) is 19.0 Å². The molecule has 12 heteroatoms. The van der Waals surface area contributed by atoms with Crippen molar-refractivity contribution < 1.29 is 0 Å². The maximum Gasteiger partial charge on any atom is 0.116 e. The first-order valence-corrected chi connectivity index (χ1v) is 20.7. The molecule has 0 radical (unpaired) electrons. The highest BCUT2D eigenvalue weighted by atomic mass is 32.1. The lowest BCUT2D eigenvalue weighted by Gasteiger charge is -2.13. The molecule has 0 aliphatic heterocycles. The van der Waals surface area contributed by atoms with Crippen LogP contribution in [-0.2, 0) is 26.3 Å². The Morgan fingerprint density at radius 1 is 0.702 bits per heavy atom. The van der Waals surface area contributed by atoms with Gasteiger partial charge in [-0.1, -0.05) is 27.7 Å². The van der Waals surface area contributed by atoms with Crippen LogP contribution in [0.15, 0.2) is 24.3 Å². The fourth-order valence-corrected chi connectivity index (χ4v) is 13.9. The van der Waals surface area contributed by atoms with Crippen molar-refractivity contribution in [2.24, 2.45) is 13.0 Å². The summed E-state index contributed by atoms with van der Waals surface area (Å²) in [5.41, 5.74) is 10.6. The molecule has 1 aromatic carbocycles. The molecular weight excluding hydrogens is 697 g/mol. The first-order valence-electron chi connectivity index (χ1n) is 15.9. The highest BCUT2D eigenvalue weighted by Gasteiger charge is 2.27. The van der Waals surface area contributed by atoms with Crippen molar-refractivity contribution in [3.8, 4) is 20.9 Å². The fraction of sp³-hybridized carbons (Fsp3) is 0.314. The molecule has 8 heterocycles. The van der Waals surface area contributed by atoms with Gasteiger partial charge in [0.1, 0.15) is 22.1 Å². The molecule has 0 atom stereocenters. The normalized spacial score (nSPS) is 12.6. The number of fused-ring (bicyclic) bond motifs is 8. The molecule has 0 spiro atoms. The molecule has 0 aliphatic carbocycles. The first kappa shape index (κ1) is 30.1. The van der Waals surface area contributed by atoms with E-state index in [-0.39, 0.29) is 0 Å². The number of anilines is 1. The van der Waals surface area contributed by atoms with E-state index >= 15 is 0 Å². The lowest BCUT2D eigenvalue weighted by atomic mass is 10.0. The van der Waals surface area contributed by atoms with Gasteiger partial charge in [-0.2, -0.15) is 8.75 Å². The molecular formula is C35H32N6S6. The fourth-order valence-electron chi connectivity index (χ4n) is 6.72. The highest BCUT2D eigenvalue weighted by Crippen LogP contribution is 2.51. The molecule has 0 fully saturated rings. The SMILES string of the molecule is CCc1nc2c(-c3cc4sc(N(C)C)cc4s3)c3nsnc3c(-c3cc4c(s3)c3sc5cc(CC(C)C)sc5c3n4C)c2nc1CC. The Hall–Kier alpha value is -3.00. The molecule has 238 valence electrons. The molecule has 0 bridgehead atoms. The maximum atomic E-state index is 5.41. The van der Waals surface area contributed by atoms with Gasteiger partial charge in [0.2, 0.25) is 0 Å². The Kier molecular flexibility index (Phi) is 7.05. The van der Waals surface area contributed by atoms with Gasteiger partial charge in [-0.25, -0.2) is 9.97 Å².